The predicted molar refractivity (Wildman–Crippen MR) is 63.0 cm³/mol. The number of carbonyl (C=O) groups excluding carboxylic acids is 1. The van der Waals surface area contributed by atoms with Crippen LogP contribution >= 0.6 is 0 Å². The number of nitrogens with two attached hydrogens (primary N) is 1. The maximum atomic E-state index is 11.1. The highest BCUT2D eigenvalue weighted by molar-refractivity contribution is 5.69. The van der Waals surface area contributed by atoms with Gasteiger partial charge in [0.15, 0.2) is 0 Å². The zero-order valence-electron chi connectivity index (χ0n) is 9.98. The molecule has 0 radical (unpaired) electrons. The van der Waals surface area contributed by atoms with Crippen LogP contribution < -0.4 is 5.73 Å². The van der Waals surface area contributed by atoms with Crippen molar-refractivity contribution in [1.82, 2.24) is 4.57 Å². The summed E-state index contributed by atoms with van der Waals surface area (Å²) in [7, 11) is 1.98. The van der Waals surface area contributed by atoms with Crippen LogP contribution in [0, 0.1) is 0 Å². The molecule has 90 valence electrons. The van der Waals surface area contributed by atoms with Gasteiger partial charge >= 0.3 is 5.97 Å². The van der Waals surface area contributed by atoms with Crippen molar-refractivity contribution in [1.29, 1.82) is 0 Å². The lowest BCUT2D eigenvalue weighted by molar-refractivity contribution is -0.143. The average molecular weight is 224 g/mol. The van der Waals surface area contributed by atoms with E-state index in [2.05, 4.69) is 0 Å². The summed E-state index contributed by atoms with van der Waals surface area (Å²) in [5, 5.41) is 0. The van der Waals surface area contributed by atoms with Gasteiger partial charge in [-0.15, -0.1) is 0 Å². The molecule has 1 atom stereocenters. The van der Waals surface area contributed by atoms with Crippen molar-refractivity contribution in [3.05, 3.63) is 24.0 Å². The van der Waals surface area contributed by atoms with Crippen LogP contribution in [0.15, 0.2) is 18.5 Å². The predicted octanol–water partition coefficient (Wildman–Crippen LogP) is 1.24. The first-order valence-electron chi connectivity index (χ1n) is 5.64. The molecule has 2 N–H and O–H groups in total. The van der Waals surface area contributed by atoms with Gasteiger partial charge in [0.1, 0.15) is 0 Å². The van der Waals surface area contributed by atoms with E-state index in [1.54, 1.807) is 0 Å². The maximum Gasteiger partial charge on any atom is 0.305 e. The van der Waals surface area contributed by atoms with Gasteiger partial charge < -0.3 is 15.0 Å². The van der Waals surface area contributed by atoms with E-state index in [0.29, 0.717) is 19.4 Å². The van der Waals surface area contributed by atoms with Crippen LogP contribution in [-0.4, -0.2) is 23.2 Å². The van der Waals surface area contributed by atoms with Crippen LogP contribution in [0.3, 0.4) is 0 Å². The summed E-state index contributed by atoms with van der Waals surface area (Å²) in [5.41, 5.74) is 7.15. The van der Waals surface area contributed by atoms with Gasteiger partial charge in [0.2, 0.25) is 0 Å². The number of ether oxygens (including phenoxy) is 1. The van der Waals surface area contributed by atoms with Crippen LogP contribution in [-0.2, 0) is 23.0 Å². The van der Waals surface area contributed by atoms with E-state index in [1.807, 2.05) is 37.0 Å². The first-order chi connectivity index (χ1) is 7.61. The van der Waals surface area contributed by atoms with Gasteiger partial charge in [-0.2, -0.15) is 0 Å². The van der Waals surface area contributed by atoms with E-state index in [0.717, 1.165) is 6.42 Å². The molecule has 0 saturated carbocycles. The number of aromatic nitrogens is 1. The van der Waals surface area contributed by atoms with E-state index >= 15 is 0 Å². The molecule has 0 fully saturated rings. The van der Waals surface area contributed by atoms with Crippen LogP contribution in [0.1, 0.15) is 25.3 Å². The molecule has 1 heterocycles. The van der Waals surface area contributed by atoms with Gasteiger partial charge in [0.05, 0.1) is 6.61 Å². The van der Waals surface area contributed by atoms with Crippen LogP contribution in [0.4, 0.5) is 0 Å². The number of hydrogen-bond donors (Lipinski definition) is 1. The molecule has 16 heavy (non-hydrogen) atoms. The Hall–Kier alpha value is -1.29. The molecule has 0 bridgehead atoms. The Morgan fingerprint density at radius 2 is 2.38 bits per heavy atom. The molecule has 1 rings (SSSR count). The zero-order chi connectivity index (χ0) is 12.0. The fourth-order valence-electron chi connectivity index (χ4n) is 1.62. The third-order valence-corrected chi connectivity index (χ3v) is 2.42. The van der Waals surface area contributed by atoms with Crippen LogP contribution in [0.2, 0.25) is 0 Å². The van der Waals surface area contributed by atoms with Crippen LogP contribution in [0.25, 0.3) is 0 Å². The molecule has 0 aliphatic heterocycles. The molecule has 4 nitrogen and oxygen atoms in total. The summed E-state index contributed by atoms with van der Waals surface area (Å²) in [4.78, 5) is 11.1. The quantitative estimate of drug-likeness (QED) is 0.740. The van der Waals surface area contributed by atoms with Gasteiger partial charge in [-0.3, -0.25) is 4.79 Å². The van der Waals surface area contributed by atoms with E-state index in [-0.39, 0.29) is 12.0 Å². The lowest BCUT2D eigenvalue weighted by Crippen LogP contribution is -2.24. The van der Waals surface area contributed by atoms with Gasteiger partial charge in [-0.25, -0.2) is 0 Å². The molecule has 1 aromatic heterocycles. The number of aryl methyl sites for hydroxylation is 1. The Labute approximate surface area is 96.4 Å². The monoisotopic (exact) mass is 224 g/mol. The Morgan fingerprint density at radius 3 is 2.94 bits per heavy atom. The van der Waals surface area contributed by atoms with E-state index in [1.165, 1.54) is 5.56 Å². The molecule has 0 aliphatic rings. The van der Waals surface area contributed by atoms with E-state index in [9.17, 15) is 4.79 Å². The Bertz CT molecular complexity index is 334. The van der Waals surface area contributed by atoms with Crippen molar-refractivity contribution < 1.29 is 9.53 Å². The highest BCUT2D eigenvalue weighted by Crippen LogP contribution is 2.06. The molecule has 0 amide bonds. The number of esters is 1. The van der Waals surface area contributed by atoms with Crippen molar-refractivity contribution >= 4 is 5.97 Å². The molecule has 0 aromatic carbocycles. The summed E-state index contributed by atoms with van der Waals surface area (Å²) < 4.78 is 6.84. The minimum atomic E-state index is -0.161. The zero-order valence-corrected chi connectivity index (χ0v) is 9.98. The van der Waals surface area contributed by atoms with Crippen molar-refractivity contribution in [3.63, 3.8) is 0 Å². The molecule has 0 spiro atoms. The van der Waals surface area contributed by atoms with Gasteiger partial charge in [0.25, 0.3) is 0 Å². The van der Waals surface area contributed by atoms with E-state index < -0.39 is 0 Å². The summed E-state index contributed by atoms with van der Waals surface area (Å²) in [6.07, 6.45) is 5.92. The molecule has 1 aromatic rings. The second-order valence-corrected chi connectivity index (χ2v) is 3.99. The normalized spacial score (nSPS) is 12.4. The fraction of sp³-hybridized carbons (Fsp3) is 0.583. The number of rotatable bonds is 6. The highest BCUT2D eigenvalue weighted by Gasteiger charge is 2.08. The largest absolute Gasteiger partial charge is 0.466 e. The average Bonchev–Trinajstić information content (AvgIpc) is 2.61. The van der Waals surface area contributed by atoms with Crippen molar-refractivity contribution in [2.75, 3.05) is 6.61 Å². The summed E-state index contributed by atoms with van der Waals surface area (Å²) >= 11 is 0. The van der Waals surface area contributed by atoms with Crippen molar-refractivity contribution in [3.8, 4) is 0 Å². The van der Waals surface area contributed by atoms with Crippen molar-refractivity contribution in [2.45, 2.75) is 32.2 Å². The topological polar surface area (TPSA) is 57.2 Å². The number of nitrogens with zero attached hydrogens (tertiary/aromatic N) is 1. The van der Waals surface area contributed by atoms with Crippen molar-refractivity contribution in [2.24, 2.45) is 12.8 Å². The lowest BCUT2D eigenvalue weighted by Gasteiger charge is -2.09. The van der Waals surface area contributed by atoms with Gasteiger partial charge in [-0.05, 0) is 31.4 Å². The van der Waals surface area contributed by atoms with Gasteiger partial charge in [0, 0.05) is 31.9 Å². The highest BCUT2D eigenvalue weighted by atomic mass is 16.5. The fourth-order valence-corrected chi connectivity index (χ4v) is 1.62. The Balaban J connectivity index is 2.25. The number of hydrogen-bond acceptors (Lipinski definition) is 3. The molecular weight excluding hydrogens is 204 g/mol. The molecule has 0 saturated heterocycles. The maximum absolute atomic E-state index is 11.1. The lowest BCUT2D eigenvalue weighted by atomic mass is 10.1. The summed E-state index contributed by atoms with van der Waals surface area (Å²) in [6.45, 7) is 2.24. The first kappa shape index (κ1) is 12.8. The number of carbonyl (C=O) groups is 1. The minimum absolute atomic E-state index is 0.0202. The van der Waals surface area contributed by atoms with Crippen LogP contribution in [0.5, 0.6) is 0 Å². The third kappa shape index (κ3) is 4.49. The molecular formula is C12H20N2O2. The van der Waals surface area contributed by atoms with Gasteiger partial charge in [-0.1, -0.05) is 0 Å². The Kier molecular flexibility index (Phi) is 5.05. The molecule has 0 aliphatic carbocycles. The second-order valence-electron chi connectivity index (χ2n) is 3.99. The second kappa shape index (κ2) is 6.33. The summed E-state index contributed by atoms with van der Waals surface area (Å²) in [6, 6.07) is 2.07. The molecule has 4 heteroatoms. The minimum Gasteiger partial charge on any atom is -0.466 e. The molecule has 1 unspecified atom stereocenters. The SMILES string of the molecule is CCOC(=O)CCC(N)Cc1ccn(C)c1. The first-order valence-corrected chi connectivity index (χ1v) is 5.64. The standard InChI is InChI=1S/C12H20N2O2/c1-3-16-12(15)5-4-11(13)8-10-6-7-14(2)9-10/h6-7,9,11H,3-5,8,13H2,1-2H3. The summed E-state index contributed by atoms with van der Waals surface area (Å²) in [5.74, 6) is -0.161. The smallest absolute Gasteiger partial charge is 0.305 e. The Morgan fingerprint density at radius 1 is 1.62 bits per heavy atom. The van der Waals surface area contributed by atoms with E-state index in [4.69, 9.17) is 10.5 Å². The third-order valence-electron chi connectivity index (χ3n) is 2.42.